The van der Waals surface area contributed by atoms with Crippen molar-refractivity contribution in [1.82, 2.24) is 19.9 Å². The first-order valence-electron chi connectivity index (χ1n) is 9.95. The van der Waals surface area contributed by atoms with Crippen LogP contribution in [0.15, 0.2) is 42.6 Å². The summed E-state index contributed by atoms with van der Waals surface area (Å²) in [6.07, 6.45) is 7.98. The summed E-state index contributed by atoms with van der Waals surface area (Å²) < 4.78 is 1.83. The summed E-state index contributed by atoms with van der Waals surface area (Å²) in [6.45, 7) is 5.00. The molecule has 2 aromatic heterocycles. The third kappa shape index (κ3) is 4.54. The molecule has 0 aliphatic carbocycles. The van der Waals surface area contributed by atoms with E-state index in [1.54, 1.807) is 6.20 Å². The molecule has 0 radical (unpaired) electrons. The molecule has 0 aliphatic heterocycles. The van der Waals surface area contributed by atoms with Gasteiger partial charge >= 0.3 is 0 Å². The first-order chi connectivity index (χ1) is 13.2. The van der Waals surface area contributed by atoms with Crippen molar-refractivity contribution in [3.8, 4) is 11.3 Å². The van der Waals surface area contributed by atoms with Gasteiger partial charge in [-0.05, 0) is 12.8 Å². The Balaban J connectivity index is 1.87. The number of amides is 1. The number of unbranched alkanes of at least 4 members (excludes halogenated alkanes) is 3. The van der Waals surface area contributed by atoms with Crippen LogP contribution in [0, 0.1) is 0 Å². The summed E-state index contributed by atoms with van der Waals surface area (Å²) in [5.74, 6) is -0.0545. The molecule has 142 valence electrons. The Morgan fingerprint density at radius 2 is 1.89 bits per heavy atom. The highest BCUT2D eigenvalue weighted by molar-refractivity contribution is 5.95. The van der Waals surface area contributed by atoms with Crippen molar-refractivity contribution in [3.05, 3.63) is 53.9 Å². The van der Waals surface area contributed by atoms with Crippen molar-refractivity contribution < 1.29 is 4.79 Å². The van der Waals surface area contributed by atoms with Crippen LogP contribution in [0.25, 0.3) is 16.9 Å². The van der Waals surface area contributed by atoms with Crippen molar-refractivity contribution >= 4 is 11.6 Å². The predicted octanol–water partition coefficient (Wildman–Crippen LogP) is 4.66. The molecule has 0 bridgehead atoms. The van der Waals surface area contributed by atoms with Gasteiger partial charge in [-0.15, -0.1) is 0 Å². The number of aryl methyl sites for hydroxylation is 1. The molecule has 0 saturated heterocycles. The van der Waals surface area contributed by atoms with E-state index in [4.69, 9.17) is 5.10 Å². The van der Waals surface area contributed by atoms with Gasteiger partial charge in [0.1, 0.15) is 0 Å². The average molecular weight is 364 g/mol. The maximum absolute atomic E-state index is 12.7. The normalized spacial score (nSPS) is 11.0. The number of nitrogens with zero attached hydrogens (tertiary/aromatic N) is 3. The van der Waals surface area contributed by atoms with Gasteiger partial charge in [0.05, 0.1) is 17.0 Å². The van der Waals surface area contributed by atoms with Crippen LogP contribution in [0.2, 0.25) is 0 Å². The van der Waals surface area contributed by atoms with Crippen LogP contribution < -0.4 is 5.32 Å². The number of nitrogens with one attached hydrogen (secondary N) is 1. The quantitative estimate of drug-likeness (QED) is 0.562. The van der Waals surface area contributed by atoms with Crippen LogP contribution >= 0.6 is 0 Å². The van der Waals surface area contributed by atoms with Gasteiger partial charge in [-0.2, -0.15) is 5.10 Å². The van der Waals surface area contributed by atoms with Crippen LogP contribution in [-0.2, 0) is 6.42 Å². The lowest BCUT2D eigenvalue weighted by Gasteiger charge is -2.11. The van der Waals surface area contributed by atoms with E-state index >= 15 is 0 Å². The molecule has 2 heterocycles. The molecule has 5 heteroatoms. The number of hydrogen-bond acceptors (Lipinski definition) is 3. The van der Waals surface area contributed by atoms with E-state index in [0.29, 0.717) is 12.1 Å². The third-order valence-corrected chi connectivity index (χ3v) is 4.70. The topological polar surface area (TPSA) is 59.3 Å². The Morgan fingerprint density at radius 3 is 2.63 bits per heavy atom. The lowest BCUT2D eigenvalue weighted by molar-refractivity contribution is 0.0951. The Labute approximate surface area is 160 Å². The fraction of sp³-hybridized carbons (Fsp3) is 0.409. The lowest BCUT2D eigenvalue weighted by Crippen LogP contribution is -2.26. The molecule has 0 fully saturated rings. The summed E-state index contributed by atoms with van der Waals surface area (Å²) in [5.41, 5.74) is 4.25. The standard InChI is InChI=1S/C22H28N4O/c1-3-5-6-10-14-23-22(27)18-16-24-21-15-19(17-12-8-7-9-13-17)25-26(21)20(18)11-4-2/h7-9,12-13,15-16H,3-6,10-11,14H2,1-2H3,(H,23,27). The van der Waals surface area contributed by atoms with Gasteiger partial charge in [-0.1, -0.05) is 69.9 Å². The monoisotopic (exact) mass is 364 g/mol. The van der Waals surface area contributed by atoms with Gasteiger partial charge in [0, 0.05) is 24.4 Å². The Bertz CT molecular complexity index is 886. The van der Waals surface area contributed by atoms with Crippen molar-refractivity contribution in [1.29, 1.82) is 0 Å². The Kier molecular flexibility index (Phi) is 6.58. The second-order valence-corrected chi connectivity index (χ2v) is 6.85. The summed E-state index contributed by atoms with van der Waals surface area (Å²) in [5, 5.41) is 7.78. The van der Waals surface area contributed by atoms with E-state index in [-0.39, 0.29) is 5.91 Å². The van der Waals surface area contributed by atoms with Crippen LogP contribution in [0.3, 0.4) is 0 Å². The van der Waals surface area contributed by atoms with E-state index in [2.05, 4.69) is 24.1 Å². The van der Waals surface area contributed by atoms with Crippen LogP contribution in [-0.4, -0.2) is 27.0 Å². The first-order valence-corrected chi connectivity index (χ1v) is 9.95. The average Bonchev–Trinajstić information content (AvgIpc) is 3.13. The molecule has 0 atom stereocenters. The zero-order chi connectivity index (χ0) is 19.1. The van der Waals surface area contributed by atoms with E-state index < -0.39 is 0 Å². The van der Waals surface area contributed by atoms with Crippen LogP contribution in [0.5, 0.6) is 0 Å². The minimum absolute atomic E-state index is 0.0545. The molecule has 5 nitrogen and oxygen atoms in total. The number of aromatic nitrogens is 3. The molecule has 1 aromatic carbocycles. The zero-order valence-electron chi connectivity index (χ0n) is 16.2. The molecule has 1 N–H and O–H groups in total. The van der Waals surface area contributed by atoms with Gasteiger partial charge < -0.3 is 5.32 Å². The molecule has 3 rings (SSSR count). The van der Waals surface area contributed by atoms with Gasteiger partial charge in [0.25, 0.3) is 5.91 Å². The fourth-order valence-corrected chi connectivity index (χ4v) is 3.25. The smallest absolute Gasteiger partial charge is 0.254 e. The molecular weight excluding hydrogens is 336 g/mol. The van der Waals surface area contributed by atoms with E-state index in [0.717, 1.165) is 48.3 Å². The SMILES string of the molecule is CCCCCCNC(=O)c1cnc2cc(-c3ccccc3)nn2c1CCC. The summed E-state index contributed by atoms with van der Waals surface area (Å²) in [6, 6.07) is 12.0. The second kappa shape index (κ2) is 9.31. The van der Waals surface area contributed by atoms with Gasteiger partial charge in [-0.3, -0.25) is 4.79 Å². The van der Waals surface area contributed by atoms with Crippen LogP contribution in [0.4, 0.5) is 0 Å². The largest absolute Gasteiger partial charge is 0.352 e. The molecule has 0 aliphatic rings. The highest BCUT2D eigenvalue weighted by Gasteiger charge is 2.17. The molecule has 3 aromatic rings. The maximum Gasteiger partial charge on any atom is 0.254 e. The highest BCUT2D eigenvalue weighted by atomic mass is 16.1. The Morgan fingerprint density at radius 1 is 1.07 bits per heavy atom. The molecule has 1 amide bonds. The number of carbonyl (C=O) groups excluding carboxylic acids is 1. The summed E-state index contributed by atoms with van der Waals surface area (Å²) in [7, 11) is 0. The molecule has 0 spiro atoms. The summed E-state index contributed by atoms with van der Waals surface area (Å²) >= 11 is 0. The second-order valence-electron chi connectivity index (χ2n) is 6.85. The van der Waals surface area contributed by atoms with E-state index in [1.165, 1.54) is 12.8 Å². The maximum atomic E-state index is 12.7. The minimum Gasteiger partial charge on any atom is -0.352 e. The predicted molar refractivity (Wildman–Crippen MR) is 109 cm³/mol. The number of hydrogen-bond donors (Lipinski definition) is 1. The van der Waals surface area contributed by atoms with Gasteiger partial charge in [0.15, 0.2) is 5.65 Å². The van der Waals surface area contributed by atoms with Crippen molar-refractivity contribution in [2.24, 2.45) is 0 Å². The van der Waals surface area contributed by atoms with Crippen LogP contribution in [0.1, 0.15) is 62.0 Å². The number of rotatable bonds is 9. The molecular formula is C22H28N4O. The zero-order valence-corrected chi connectivity index (χ0v) is 16.2. The third-order valence-electron chi connectivity index (χ3n) is 4.70. The molecule has 0 unspecified atom stereocenters. The van der Waals surface area contributed by atoms with Crippen molar-refractivity contribution in [3.63, 3.8) is 0 Å². The lowest BCUT2D eigenvalue weighted by atomic mass is 10.1. The van der Waals surface area contributed by atoms with Gasteiger partial charge in [-0.25, -0.2) is 9.50 Å². The first kappa shape index (κ1) is 19.1. The van der Waals surface area contributed by atoms with Gasteiger partial charge in [0.2, 0.25) is 0 Å². The van der Waals surface area contributed by atoms with E-state index in [1.807, 2.05) is 40.9 Å². The minimum atomic E-state index is -0.0545. The Hall–Kier alpha value is -2.69. The number of carbonyl (C=O) groups is 1. The number of benzene rings is 1. The summed E-state index contributed by atoms with van der Waals surface area (Å²) in [4.78, 5) is 17.2. The molecule has 0 saturated carbocycles. The van der Waals surface area contributed by atoms with Crippen molar-refractivity contribution in [2.45, 2.75) is 52.4 Å². The fourth-order valence-electron chi connectivity index (χ4n) is 3.25. The molecule has 27 heavy (non-hydrogen) atoms. The highest BCUT2D eigenvalue weighted by Crippen LogP contribution is 2.21. The number of fused-ring (bicyclic) bond motifs is 1. The van der Waals surface area contributed by atoms with Crippen molar-refractivity contribution in [2.75, 3.05) is 6.54 Å². The van der Waals surface area contributed by atoms with E-state index in [9.17, 15) is 4.79 Å².